The van der Waals surface area contributed by atoms with Gasteiger partial charge in [-0.3, -0.25) is 14.5 Å². The molecule has 7 nitrogen and oxygen atoms in total. The molecule has 2 N–H and O–H groups in total. The molecule has 294 valence electrons. The van der Waals surface area contributed by atoms with Crippen molar-refractivity contribution >= 4 is 55.0 Å². The lowest BCUT2D eigenvalue weighted by Gasteiger charge is -2.46. The Kier molecular flexibility index (Phi) is 11.2. The van der Waals surface area contributed by atoms with E-state index in [-0.39, 0.29) is 35.5 Å². The molecule has 0 spiro atoms. The fraction of sp³-hybridized carbons (Fsp3) is 0.265. The number of fused-ring (bicyclic) bond motifs is 3. The van der Waals surface area contributed by atoms with Crippen LogP contribution in [0.4, 0.5) is 5.69 Å². The fourth-order valence-electron chi connectivity index (χ4n) is 9.70. The Balaban J connectivity index is 1.22. The number of aromatic hydroxyl groups is 1. The summed E-state index contributed by atoms with van der Waals surface area (Å²) in [6, 6.07) is 47.5. The number of carbonyl (C=O) groups excluding carboxylic acids is 2. The molecule has 0 saturated carbocycles. The topological polar surface area (TPSA) is 96.3 Å². The van der Waals surface area contributed by atoms with Gasteiger partial charge in [0, 0.05) is 0 Å². The van der Waals surface area contributed by atoms with Gasteiger partial charge in [-0.05, 0) is 99.0 Å². The number of rotatable bonds is 11. The van der Waals surface area contributed by atoms with E-state index >= 15 is 0 Å². The van der Waals surface area contributed by atoms with Gasteiger partial charge in [0.2, 0.25) is 11.8 Å². The predicted molar refractivity (Wildman–Crippen MR) is 234 cm³/mol. The lowest BCUT2D eigenvalue weighted by Crippen LogP contribution is -2.66. The van der Waals surface area contributed by atoms with E-state index in [0.717, 1.165) is 38.2 Å². The number of hydrogen-bond donors (Lipinski definition) is 2. The zero-order valence-corrected chi connectivity index (χ0v) is 34.3. The Bertz CT molecular complexity index is 2250. The van der Waals surface area contributed by atoms with Crippen LogP contribution in [0.15, 0.2) is 157 Å². The first kappa shape index (κ1) is 39.5. The molecule has 4 atom stereocenters. The van der Waals surface area contributed by atoms with Gasteiger partial charge in [0.15, 0.2) is 0 Å². The highest BCUT2D eigenvalue weighted by Crippen LogP contribution is 2.52. The number of phenolic OH excluding ortho intramolecular Hbond substituents is 1. The van der Waals surface area contributed by atoms with E-state index in [9.17, 15) is 19.7 Å². The van der Waals surface area contributed by atoms with Crippen molar-refractivity contribution in [2.45, 2.75) is 57.5 Å². The van der Waals surface area contributed by atoms with Gasteiger partial charge >= 0.3 is 7.12 Å². The zero-order chi connectivity index (χ0) is 40.4. The maximum atomic E-state index is 14.5. The Morgan fingerprint density at radius 1 is 0.793 bits per heavy atom. The molecule has 2 aliphatic heterocycles. The highest BCUT2D eigenvalue weighted by atomic mass is 28.4. The van der Waals surface area contributed by atoms with Gasteiger partial charge in [-0.2, -0.15) is 0 Å². The van der Waals surface area contributed by atoms with Crippen molar-refractivity contribution < 1.29 is 28.8 Å². The standard InChI is InChI=1S/C49H50BNO6Si/c1-49(2,3)58(40-20-12-6-13-21-40,41-22-14-7-15-23-41)56-33-37-31-42-46(48(54)51(47(42)53)38-18-10-5-11-19-38)43-32-50(55)57-44(45(37)43)29-26-36(35-16-8-4-9-17-35)30-34-24-27-39(52)28-25-34/h4-25,27-28,30,42-44,46,52,55H,26,29,31-33H2,1-3H3/b36-30-/t42-,43+,44-,46-/m1/s1. The number of anilines is 1. The van der Waals surface area contributed by atoms with Crippen molar-refractivity contribution in [2.24, 2.45) is 17.8 Å². The Labute approximate surface area is 342 Å². The van der Waals surface area contributed by atoms with Crippen LogP contribution in [0, 0.1) is 17.8 Å². The third kappa shape index (κ3) is 7.55. The molecule has 3 aliphatic rings. The van der Waals surface area contributed by atoms with Crippen molar-refractivity contribution in [3.8, 4) is 5.75 Å². The molecule has 2 saturated heterocycles. The van der Waals surface area contributed by atoms with Crippen molar-refractivity contribution in [2.75, 3.05) is 11.5 Å². The van der Waals surface area contributed by atoms with Crippen LogP contribution in [0.3, 0.4) is 0 Å². The summed E-state index contributed by atoms with van der Waals surface area (Å²) < 4.78 is 14.1. The number of benzene rings is 5. The first-order chi connectivity index (χ1) is 28.0. The van der Waals surface area contributed by atoms with Crippen LogP contribution < -0.4 is 15.3 Å². The van der Waals surface area contributed by atoms with Gasteiger partial charge in [-0.1, -0.05) is 148 Å². The number of imide groups is 1. The van der Waals surface area contributed by atoms with Crippen molar-refractivity contribution in [1.82, 2.24) is 0 Å². The van der Waals surface area contributed by atoms with Crippen LogP contribution in [-0.2, 0) is 18.7 Å². The molecule has 5 aromatic rings. The molecule has 2 heterocycles. The first-order valence-electron chi connectivity index (χ1n) is 20.3. The summed E-state index contributed by atoms with van der Waals surface area (Å²) in [5.74, 6) is -1.84. The summed E-state index contributed by atoms with van der Waals surface area (Å²) in [5.41, 5.74) is 5.62. The summed E-state index contributed by atoms with van der Waals surface area (Å²) in [6.07, 6.45) is 3.33. The van der Waals surface area contributed by atoms with E-state index in [4.69, 9.17) is 9.08 Å². The van der Waals surface area contributed by atoms with Crippen molar-refractivity contribution in [3.63, 3.8) is 0 Å². The molecule has 9 heteroatoms. The molecular formula is C49H50BNO6Si. The second-order valence-corrected chi connectivity index (χ2v) is 21.1. The van der Waals surface area contributed by atoms with E-state index < -0.39 is 39.3 Å². The van der Waals surface area contributed by atoms with Crippen molar-refractivity contribution in [3.05, 3.63) is 168 Å². The minimum Gasteiger partial charge on any atom is -0.508 e. The molecular weight excluding hydrogens is 737 g/mol. The predicted octanol–water partition coefficient (Wildman–Crippen LogP) is 8.29. The quantitative estimate of drug-likeness (QED) is 0.0606. The average Bonchev–Trinajstić information content (AvgIpc) is 3.49. The lowest BCUT2D eigenvalue weighted by atomic mass is 9.58. The third-order valence-electron chi connectivity index (χ3n) is 12.3. The maximum Gasteiger partial charge on any atom is 0.455 e. The number of para-hydroxylation sites is 1. The number of phenols is 1. The molecule has 2 fully saturated rings. The molecule has 0 radical (unpaired) electrons. The van der Waals surface area contributed by atoms with Gasteiger partial charge in [-0.15, -0.1) is 0 Å². The minimum absolute atomic E-state index is 0.204. The highest BCUT2D eigenvalue weighted by molar-refractivity contribution is 6.99. The number of carbonyl (C=O) groups is 2. The number of amides is 2. The Morgan fingerprint density at radius 3 is 1.95 bits per heavy atom. The minimum atomic E-state index is -3.00. The van der Waals surface area contributed by atoms with E-state index in [0.29, 0.717) is 24.9 Å². The smallest absolute Gasteiger partial charge is 0.455 e. The van der Waals surface area contributed by atoms with E-state index in [1.807, 2.05) is 72.8 Å². The molecule has 5 aromatic carbocycles. The van der Waals surface area contributed by atoms with Gasteiger partial charge in [0.1, 0.15) is 5.75 Å². The van der Waals surface area contributed by atoms with Crippen LogP contribution in [0.5, 0.6) is 5.75 Å². The fourth-order valence-corrected chi connectivity index (χ4v) is 14.2. The molecule has 0 bridgehead atoms. The molecule has 1 aliphatic carbocycles. The average molecular weight is 788 g/mol. The van der Waals surface area contributed by atoms with Crippen molar-refractivity contribution in [1.29, 1.82) is 0 Å². The lowest BCUT2D eigenvalue weighted by molar-refractivity contribution is -0.122. The highest BCUT2D eigenvalue weighted by Gasteiger charge is 2.58. The van der Waals surface area contributed by atoms with E-state index in [1.54, 1.807) is 12.1 Å². The molecule has 58 heavy (non-hydrogen) atoms. The summed E-state index contributed by atoms with van der Waals surface area (Å²) in [6.45, 7) is 7.02. The largest absolute Gasteiger partial charge is 0.508 e. The van der Waals surface area contributed by atoms with E-state index in [2.05, 4.69) is 87.5 Å². The zero-order valence-electron chi connectivity index (χ0n) is 33.3. The van der Waals surface area contributed by atoms with Gasteiger partial charge in [0.05, 0.1) is 30.2 Å². The van der Waals surface area contributed by atoms with Crippen LogP contribution in [0.25, 0.3) is 11.6 Å². The normalized spacial score (nSPS) is 21.3. The second-order valence-electron chi connectivity index (χ2n) is 16.8. The number of allylic oxidation sites excluding steroid dienone is 1. The molecule has 2 amide bonds. The van der Waals surface area contributed by atoms with Crippen LogP contribution in [0.1, 0.15) is 51.2 Å². The maximum absolute atomic E-state index is 14.5. The summed E-state index contributed by atoms with van der Waals surface area (Å²) >= 11 is 0. The van der Waals surface area contributed by atoms with Crippen LogP contribution >= 0.6 is 0 Å². The molecule has 0 unspecified atom stereocenters. The van der Waals surface area contributed by atoms with Crippen LogP contribution in [0.2, 0.25) is 11.4 Å². The monoisotopic (exact) mass is 787 g/mol. The number of hydrogen-bond acceptors (Lipinski definition) is 6. The van der Waals surface area contributed by atoms with Gasteiger partial charge in [-0.25, -0.2) is 0 Å². The summed E-state index contributed by atoms with van der Waals surface area (Å²) in [4.78, 5) is 30.3. The second kappa shape index (κ2) is 16.5. The van der Waals surface area contributed by atoms with Gasteiger partial charge in [0.25, 0.3) is 8.32 Å². The summed E-state index contributed by atoms with van der Waals surface area (Å²) in [5, 5.41) is 23.5. The Morgan fingerprint density at radius 2 is 1.36 bits per heavy atom. The number of nitrogens with zero attached hydrogens (tertiary/aromatic N) is 1. The SMILES string of the molecule is CC(C)(C)[Si](OCC1=C2[C@@H](CC/C(=C/c3ccc(O)cc3)c3ccccc3)OB(O)C[C@@H]2[C@@H]2C(=O)N(c3ccccc3)C(=O)[C@@H]2C1)(c1ccccc1)c1ccccc1. The van der Waals surface area contributed by atoms with E-state index in [1.165, 1.54) is 4.90 Å². The third-order valence-corrected chi connectivity index (χ3v) is 17.2. The Hall–Kier alpha value is -5.32. The van der Waals surface area contributed by atoms with Gasteiger partial charge < -0.3 is 19.2 Å². The summed E-state index contributed by atoms with van der Waals surface area (Å²) in [7, 11) is -4.10. The molecule has 8 rings (SSSR count). The first-order valence-corrected chi connectivity index (χ1v) is 22.2. The van der Waals surface area contributed by atoms with Crippen LogP contribution in [-0.4, -0.2) is 50.1 Å². The molecule has 0 aromatic heterocycles.